The normalized spacial score (nSPS) is 10.9. The second-order valence-corrected chi connectivity index (χ2v) is 8.40. The minimum atomic E-state index is 0.656. The fourth-order valence-electron chi connectivity index (χ4n) is 2.56. The van der Waals surface area contributed by atoms with Crippen molar-refractivity contribution in [3.8, 4) is 32.8 Å². The molecule has 0 aliphatic rings. The summed E-state index contributed by atoms with van der Waals surface area (Å²) >= 11 is 4.68. The molecule has 0 saturated carbocycles. The number of aromatic nitrogens is 4. The summed E-state index contributed by atoms with van der Waals surface area (Å²) in [5.74, 6) is 8.85. The van der Waals surface area contributed by atoms with Crippen molar-refractivity contribution >= 4 is 34.4 Å². The number of nitrogens with zero attached hydrogens (tertiary/aromatic N) is 4. The predicted molar refractivity (Wildman–Crippen MR) is 114 cm³/mol. The number of thioether (sulfide) groups is 1. The summed E-state index contributed by atoms with van der Waals surface area (Å²) in [5.41, 5.74) is 1.95. The van der Waals surface area contributed by atoms with Gasteiger partial charge in [-0.3, -0.25) is 0 Å². The molecule has 3 heterocycles. The number of ether oxygens (including phenoxy) is 2. The van der Waals surface area contributed by atoms with E-state index in [-0.39, 0.29) is 0 Å². The first kappa shape index (κ1) is 18.8. The van der Waals surface area contributed by atoms with Crippen LogP contribution in [-0.4, -0.2) is 34.1 Å². The average molecular weight is 432 g/mol. The largest absolute Gasteiger partial charge is 0.493 e. The highest BCUT2D eigenvalue weighted by Gasteiger charge is 2.14. The lowest BCUT2D eigenvalue weighted by Crippen LogP contribution is -2.11. The van der Waals surface area contributed by atoms with Crippen LogP contribution < -0.4 is 15.3 Å². The highest BCUT2D eigenvalue weighted by Crippen LogP contribution is 2.34. The van der Waals surface area contributed by atoms with Crippen molar-refractivity contribution in [2.45, 2.75) is 10.9 Å². The Morgan fingerprint density at radius 2 is 1.96 bits per heavy atom. The van der Waals surface area contributed by atoms with Crippen molar-refractivity contribution in [3.05, 3.63) is 46.8 Å². The van der Waals surface area contributed by atoms with Gasteiger partial charge in [-0.2, -0.15) is 0 Å². The maximum Gasteiger partial charge on any atom is 0.210 e. The third kappa shape index (κ3) is 3.71. The van der Waals surface area contributed by atoms with Gasteiger partial charge in [0.15, 0.2) is 17.3 Å². The van der Waals surface area contributed by atoms with Crippen molar-refractivity contribution in [2.75, 3.05) is 20.1 Å². The van der Waals surface area contributed by atoms with E-state index >= 15 is 0 Å². The lowest BCUT2D eigenvalue weighted by molar-refractivity contribution is 0.355. The van der Waals surface area contributed by atoms with Crippen LogP contribution in [0.5, 0.6) is 11.5 Å². The summed E-state index contributed by atoms with van der Waals surface area (Å²) in [6.45, 7) is 0. The monoisotopic (exact) mass is 431 g/mol. The van der Waals surface area contributed by atoms with Gasteiger partial charge in [-0.1, -0.05) is 17.8 Å². The van der Waals surface area contributed by atoms with Gasteiger partial charge >= 0.3 is 0 Å². The van der Waals surface area contributed by atoms with E-state index in [9.17, 15) is 0 Å². The molecule has 0 spiro atoms. The molecule has 0 radical (unpaired) electrons. The Hall–Kier alpha value is -2.56. The number of hydrogen-bond acceptors (Lipinski definition) is 9. The number of rotatable bonds is 7. The zero-order valence-electron chi connectivity index (χ0n) is 15.2. The van der Waals surface area contributed by atoms with Crippen LogP contribution in [0.4, 0.5) is 0 Å². The summed E-state index contributed by atoms with van der Waals surface area (Å²) in [6, 6.07) is 9.72. The summed E-state index contributed by atoms with van der Waals surface area (Å²) in [6.07, 6.45) is 0. The standard InChI is InChI=1S/C18H17N5O2S3/c1-24-13-6-5-11(8-14(13)25-2)17-20-12(9-27-17)10-28-18-22-21-16(23(18)19)15-4-3-7-26-15/h3-9H,10,19H2,1-2H3. The van der Waals surface area contributed by atoms with Crippen molar-refractivity contribution < 1.29 is 9.47 Å². The molecule has 10 heteroatoms. The first-order valence-corrected chi connectivity index (χ1v) is 11.0. The van der Waals surface area contributed by atoms with Crippen LogP contribution in [0.1, 0.15) is 5.69 Å². The van der Waals surface area contributed by atoms with E-state index in [0.29, 0.717) is 28.2 Å². The molecule has 3 aromatic heterocycles. The average Bonchev–Trinajstić information content (AvgIpc) is 3.47. The van der Waals surface area contributed by atoms with Gasteiger partial charge in [-0.05, 0) is 29.6 Å². The van der Waals surface area contributed by atoms with E-state index in [1.807, 2.05) is 41.1 Å². The molecular weight excluding hydrogens is 414 g/mol. The van der Waals surface area contributed by atoms with Crippen molar-refractivity contribution in [1.82, 2.24) is 19.9 Å². The smallest absolute Gasteiger partial charge is 0.210 e. The first-order chi connectivity index (χ1) is 13.7. The van der Waals surface area contributed by atoms with Gasteiger partial charge < -0.3 is 15.3 Å². The van der Waals surface area contributed by atoms with Crippen molar-refractivity contribution in [2.24, 2.45) is 0 Å². The fraction of sp³-hybridized carbons (Fsp3) is 0.167. The van der Waals surface area contributed by atoms with Gasteiger partial charge in [0.1, 0.15) is 5.01 Å². The molecule has 0 fully saturated rings. The van der Waals surface area contributed by atoms with Crippen molar-refractivity contribution in [1.29, 1.82) is 0 Å². The molecule has 0 atom stereocenters. The predicted octanol–water partition coefficient (Wildman–Crippen LogP) is 4.15. The number of hydrogen-bond donors (Lipinski definition) is 1. The Kier molecular flexibility index (Phi) is 5.51. The minimum Gasteiger partial charge on any atom is -0.493 e. The molecular formula is C18H17N5O2S3. The van der Waals surface area contributed by atoms with Gasteiger partial charge in [-0.15, -0.1) is 32.9 Å². The molecule has 2 N–H and O–H groups in total. The maximum absolute atomic E-state index is 6.15. The third-order valence-corrected chi connectivity index (χ3v) is 6.72. The molecule has 0 aliphatic carbocycles. The van der Waals surface area contributed by atoms with E-state index in [0.717, 1.165) is 21.1 Å². The lowest BCUT2D eigenvalue weighted by atomic mass is 10.2. The quantitative estimate of drug-likeness (QED) is 0.347. The van der Waals surface area contributed by atoms with Gasteiger partial charge in [-0.25, -0.2) is 9.66 Å². The van der Waals surface area contributed by atoms with Gasteiger partial charge in [0, 0.05) is 16.7 Å². The van der Waals surface area contributed by atoms with Gasteiger partial charge in [0.2, 0.25) is 5.16 Å². The van der Waals surface area contributed by atoms with Gasteiger partial charge in [0.05, 0.1) is 24.8 Å². The summed E-state index contributed by atoms with van der Waals surface area (Å²) < 4.78 is 12.2. The minimum absolute atomic E-state index is 0.656. The molecule has 28 heavy (non-hydrogen) atoms. The number of nitrogens with two attached hydrogens (primary N) is 1. The second-order valence-electron chi connectivity index (χ2n) is 5.66. The van der Waals surface area contributed by atoms with E-state index in [2.05, 4.69) is 10.2 Å². The van der Waals surface area contributed by atoms with Crippen LogP contribution in [0, 0.1) is 0 Å². The molecule has 1 aromatic carbocycles. The fourth-order valence-corrected chi connectivity index (χ4v) is 4.94. The molecule has 0 saturated heterocycles. The SMILES string of the molecule is COc1ccc(-c2nc(CSc3nnc(-c4cccs4)n3N)cs2)cc1OC. The molecule has 4 rings (SSSR count). The van der Waals surface area contributed by atoms with E-state index < -0.39 is 0 Å². The molecule has 4 aromatic rings. The van der Waals surface area contributed by atoms with Gasteiger partial charge in [0.25, 0.3) is 0 Å². The Morgan fingerprint density at radius 3 is 2.71 bits per heavy atom. The zero-order chi connectivity index (χ0) is 19.5. The maximum atomic E-state index is 6.15. The van der Waals surface area contributed by atoms with Crippen LogP contribution in [0.25, 0.3) is 21.3 Å². The number of methoxy groups -OCH3 is 2. The highest BCUT2D eigenvalue weighted by molar-refractivity contribution is 7.98. The summed E-state index contributed by atoms with van der Waals surface area (Å²) in [5, 5.41) is 14.0. The number of benzene rings is 1. The summed E-state index contributed by atoms with van der Waals surface area (Å²) in [4.78, 5) is 5.71. The van der Waals surface area contributed by atoms with Crippen LogP contribution >= 0.6 is 34.4 Å². The molecule has 144 valence electrons. The number of thiazole rings is 1. The lowest BCUT2D eigenvalue weighted by Gasteiger charge is -2.08. The van der Waals surface area contributed by atoms with Crippen LogP contribution in [0.15, 0.2) is 46.2 Å². The van der Waals surface area contributed by atoms with Crippen LogP contribution in [0.2, 0.25) is 0 Å². The Bertz CT molecular complexity index is 1080. The Balaban J connectivity index is 1.47. The van der Waals surface area contributed by atoms with Crippen molar-refractivity contribution in [3.63, 3.8) is 0 Å². The summed E-state index contributed by atoms with van der Waals surface area (Å²) in [7, 11) is 3.25. The molecule has 0 bridgehead atoms. The second kappa shape index (κ2) is 8.21. The zero-order valence-corrected chi connectivity index (χ0v) is 17.6. The van der Waals surface area contributed by atoms with E-state index in [1.165, 1.54) is 16.4 Å². The Labute approximate surface area is 174 Å². The van der Waals surface area contributed by atoms with E-state index in [1.54, 1.807) is 36.9 Å². The molecule has 0 amide bonds. The Morgan fingerprint density at radius 1 is 1.11 bits per heavy atom. The highest BCUT2D eigenvalue weighted by atomic mass is 32.2. The third-order valence-electron chi connectivity index (χ3n) is 3.94. The number of nitrogen functional groups attached to an aromatic ring is 1. The van der Waals surface area contributed by atoms with E-state index in [4.69, 9.17) is 20.3 Å². The molecule has 0 unspecified atom stereocenters. The number of thiophene rings is 1. The van der Waals surface area contributed by atoms with Crippen LogP contribution in [0.3, 0.4) is 0 Å². The van der Waals surface area contributed by atoms with Crippen LogP contribution in [-0.2, 0) is 5.75 Å². The first-order valence-electron chi connectivity index (χ1n) is 8.23. The molecule has 0 aliphatic heterocycles. The topological polar surface area (TPSA) is 88.1 Å². The molecule has 7 nitrogen and oxygen atoms in total.